The molecular formula is C22H26Br2N2O. The number of nitrogens with zero attached hydrogens (tertiary/aromatic N) is 1. The molecular weight excluding hydrogens is 468 g/mol. The summed E-state index contributed by atoms with van der Waals surface area (Å²) >= 11 is 7.17. The monoisotopic (exact) mass is 492 g/mol. The summed E-state index contributed by atoms with van der Waals surface area (Å²) in [7, 11) is 0. The molecule has 1 saturated heterocycles. The van der Waals surface area contributed by atoms with Gasteiger partial charge in [0.25, 0.3) is 0 Å². The lowest BCUT2D eigenvalue weighted by Gasteiger charge is -2.40. The molecule has 144 valence electrons. The highest BCUT2D eigenvalue weighted by molar-refractivity contribution is 9.11. The Morgan fingerprint density at radius 2 is 1.85 bits per heavy atom. The van der Waals surface area contributed by atoms with Gasteiger partial charge in [-0.15, -0.1) is 0 Å². The number of hydrogen-bond donors (Lipinski definition) is 1. The quantitative estimate of drug-likeness (QED) is 0.642. The third kappa shape index (κ3) is 4.83. The van der Waals surface area contributed by atoms with Gasteiger partial charge in [-0.3, -0.25) is 4.90 Å². The summed E-state index contributed by atoms with van der Waals surface area (Å²) in [6.07, 6.45) is 3.62. The molecule has 0 unspecified atom stereocenters. The molecule has 1 aliphatic heterocycles. The summed E-state index contributed by atoms with van der Waals surface area (Å²) in [6, 6.07) is 15.6. The fraction of sp³-hybridized carbons (Fsp3) is 0.455. The maximum atomic E-state index is 6.54. The molecule has 1 aliphatic carbocycles. The topological polar surface area (TPSA) is 24.5 Å². The largest absolute Gasteiger partial charge is 0.372 e. The predicted molar refractivity (Wildman–Crippen MR) is 117 cm³/mol. The summed E-state index contributed by atoms with van der Waals surface area (Å²) in [4.78, 5) is 2.64. The Labute approximate surface area is 178 Å². The van der Waals surface area contributed by atoms with Crippen LogP contribution >= 0.6 is 31.9 Å². The molecule has 1 fully saturated rings. The van der Waals surface area contributed by atoms with Crippen molar-refractivity contribution in [2.24, 2.45) is 0 Å². The minimum absolute atomic E-state index is 0.232. The molecule has 0 saturated carbocycles. The van der Waals surface area contributed by atoms with E-state index in [1.54, 1.807) is 0 Å². The number of rotatable bonds is 4. The van der Waals surface area contributed by atoms with E-state index in [-0.39, 0.29) is 6.10 Å². The van der Waals surface area contributed by atoms with Crippen LogP contribution in [0.5, 0.6) is 0 Å². The van der Waals surface area contributed by atoms with E-state index in [4.69, 9.17) is 4.74 Å². The van der Waals surface area contributed by atoms with Gasteiger partial charge in [-0.2, -0.15) is 0 Å². The first-order valence-electron chi connectivity index (χ1n) is 9.80. The van der Waals surface area contributed by atoms with Crippen LogP contribution in [0.4, 0.5) is 0 Å². The standard InChI is InChI=1S/C22H26Br2N2O/c23-18-12-16(13-19(24)14-18)15-27-21-7-6-17-4-1-2-5-20(17)22(21)26-10-3-8-25-9-11-26/h1-2,4-5,12-14,21-22,25H,3,6-11,15H2/t21-,22-/m1/s1. The summed E-state index contributed by atoms with van der Waals surface area (Å²) in [5, 5.41) is 3.53. The molecule has 1 heterocycles. The van der Waals surface area contributed by atoms with Gasteiger partial charge in [0.2, 0.25) is 0 Å². The predicted octanol–water partition coefficient (Wildman–Crippen LogP) is 5.08. The third-order valence-corrected chi connectivity index (χ3v) is 6.49. The van der Waals surface area contributed by atoms with E-state index >= 15 is 0 Å². The number of aryl methyl sites for hydroxylation is 1. The molecule has 2 aromatic rings. The molecule has 3 nitrogen and oxygen atoms in total. The third-order valence-electron chi connectivity index (χ3n) is 5.58. The van der Waals surface area contributed by atoms with Gasteiger partial charge in [0, 0.05) is 28.6 Å². The Kier molecular flexibility index (Phi) is 6.66. The van der Waals surface area contributed by atoms with Crippen molar-refractivity contribution in [2.75, 3.05) is 26.2 Å². The summed E-state index contributed by atoms with van der Waals surface area (Å²) in [5.41, 5.74) is 4.15. The average Bonchev–Trinajstić information content (AvgIpc) is 2.94. The van der Waals surface area contributed by atoms with E-state index in [1.165, 1.54) is 23.1 Å². The van der Waals surface area contributed by atoms with Gasteiger partial charge in [0.15, 0.2) is 0 Å². The molecule has 0 aromatic heterocycles. The van der Waals surface area contributed by atoms with E-state index in [0.29, 0.717) is 12.6 Å². The van der Waals surface area contributed by atoms with E-state index in [1.807, 2.05) is 0 Å². The van der Waals surface area contributed by atoms with Gasteiger partial charge in [-0.05, 0) is 60.7 Å². The van der Waals surface area contributed by atoms with Gasteiger partial charge < -0.3 is 10.1 Å². The molecule has 2 atom stereocenters. The first kappa shape index (κ1) is 19.6. The Bertz CT molecular complexity index is 754. The molecule has 0 radical (unpaired) electrons. The van der Waals surface area contributed by atoms with Crippen LogP contribution < -0.4 is 5.32 Å². The maximum Gasteiger partial charge on any atom is 0.0779 e. The van der Waals surface area contributed by atoms with Crippen molar-refractivity contribution in [3.05, 3.63) is 68.1 Å². The van der Waals surface area contributed by atoms with Crippen molar-refractivity contribution in [3.8, 4) is 0 Å². The second-order valence-electron chi connectivity index (χ2n) is 7.45. The van der Waals surface area contributed by atoms with E-state index in [2.05, 4.69) is 84.5 Å². The van der Waals surface area contributed by atoms with E-state index < -0.39 is 0 Å². The van der Waals surface area contributed by atoms with Crippen LogP contribution in [-0.2, 0) is 17.8 Å². The summed E-state index contributed by atoms with van der Waals surface area (Å²) in [5.74, 6) is 0. The average molecular weight is 494 g/mol. The molecule has 0 spiro atoms. The van der Waals surface area contributed by atoms with Crippen LogP contribution in [0.15, 0.2) is 51.4 Å². The highest BCUT2D eigenvalue weighted by atomic mass is 79.9. The van der Waals surface area contributed by atoms with E-state index in [9.17, 15) is 0 Å². The lowest BCUT2D eigenvalue weighted by atomic mass is 9.84. The molecule has 1 N–H and O–H groups in total. The Hall–Kier alpha value is -0.720. The number of halogens is 2. The van der Waals surface area contributed by atoms with Crippen LogP contribution in [-0.4, -0.2) is 37.2 Å². The number of nitrogens with one attached hydrogen (secondary N) is 1. The van der Waals surface area contributed by atoms with Gasteiger partial charge in [-0.25, -0.2) is 0 Å². The zero-order chi connectivity index (χ0) is 18.6. The fourth-order valence-corrected chi connectivity index (χ4v) is 5.74. The van der Waals surface area contributed by atoms with Crippen LogP contribution in [0, 0.1) is 0 Å². The summed E-state index contributed by atoms with van der Waals surface area (Å²) in [6.45, 7) is 5.04. The SMILES string of the molecule is Brc1cc(Br)cc(CO[C@@H]2CCc3ccccc3[C@H]2N2CCCNCC2)c1. The Morgan fingerprint density at radius 1 is 1.04 bits per heavy atom. The minimum atomic E-state index is 0.232. The van der Waals surface area contributed by atoms with Crippen molar-refractivity contribution < 1.29 is 4.74 Å². The number of benzene rings is 2. The van der Waals surface area contributed by atoms with Crippen molar-refractivity contribution >= 4 is 31.9 Å². The van der Waals surface area contributed by atoms with Crippen LogP contribution in [0.25, 0.3) is 0 Å². The Balaban J connectivity index is 1.56. The molecule has 0 bridgehead atoms. The minimum Gasteiger partial charge on any atom is -0.372 e. The van der Waals surface area contributed by atoms with Crippen molar-refractivity contribution in [3.63, 3.8) is 0 Å². The van der Waals surface area contributed by atoms with Gasteiger partial charge >= 0.3 is 0 Å². The molecule has 2 aliphatic rings. The van der Waals surface area contributed by atoms with Crippen molar-refractivity contribution in [1.82, 2.24) is 10.2 Å². The smallest absolute Gasteiger partial charge is 0.0779 e. The zero-order valence-electron chi connectivity index (χ0n) is 15.5. The lowest BCUT2D eigenvalue weighted by molar-refractivity contribution is -0.0336. The molecule has 4 rings (SSSR count). The zero-order valence-corrected chi connectivity index (χ0v) is 18.6. The fourth-order valence-electron chi connectivity index (χ4n) is 4.35. The van der Waals surface area contributed by atoms with Gasteiger partial charge in [-0.1, -0.05) is 56.1 Å². The van der Waals surface area contributed by atoms with Gasteiger partial charge in [0.05, 0.1) is 18.8 Å². The second-order valence-corrected chi connectivity index (χ2v) is 9.28. The molecule has 2 aromatic carbocycles. The molecule has 27 heavy (non-hydrogen) atoms. The number of fused-ring (bicyclic) bond motifs is 1. The normalized spacial score (nSPS) is 23.6. The first-order chi connectivity index (χ1) is 13.2. The first-order valence-corrected chi connectivity index (χ1v) is 11.4. The molecule has 5 heteroatoms. The molecule has 0 amide bonds. The van der Waals surface area contributed by atoms with E-state index in [0.717, 1.165) is 48.0 Å². The van der Waals surface area contributed by atoms with Crippen molar-refractivity contribution in [1.29, 1.82) is 0 Å². The second kappa shape index (κ2) is 9.19. The van der Waals surface area contributed by atoms with Crippen LogP contribution in [0.2, 0.25) is 0 Å². The van der Waals surface area contributed by atoms with Crippen LogP contribution in [0.1, 0.15) is 35.6 Å². The highest BCUT2D eigenvalue weighted by Gasteiger charge is 2.34. The number of hydrogen-bond acceptors (Lipinski definition) is 3. The number of ether oxygens (including phenoxy) is 1. The van der Waals surface area contributed by atoms with Crippen molar-refractivity contribution in [2.45, 2.75) is 38.0 Å². The summed E-state index contributed by atoms with van der Waals surface area (Å²) < 4.78 is 8.70. The van der Waals surface area contributed by atoms with Crippen LogP contribution in [0.3, 0.4) is 0 Å². The van der Waals surface area contributed by atoms with Gasteiger partial charge in [0.1, 0.15) is 0 Å². The highest BCUT2D eigenvalue weighted by Crippen LogP contribution is 2.37. The Morgan fingerprint density at radius 3 is 2.70 bits per heavy atom. The maximum absolute atomic E-state index is 6.54. The lowest BCUT2D eigenvalue weighted by Crippen LogP contribution is -2.42.